The molecular formula is C18H38N2. The summed E-state index contributed by atoms with van der Waals surface area (Å²) in [6.45, 7) is 14.1. The normalized spacial score (nSPS) is 28.5. The lowest BCUT2D eigenvalue weighted by Gasteiger charge is -2.57. The maximum Gasteiger partial charge on any atom is 0.0333 e. The second-order valence-electron chi connectivity index (χ2n) is 6.70. The Morgan fingerprint density at radius 2 is 0.900 bits per heavy atom. The first kappa shape index (κ1) is 18.0. The Morgan fingerprint density at radius 1 is 0.600 bits per heavy atom. The maximum absolute atomic E-state index is 4.13. The summed E-state index contributed by atoms with van der Waals surface area (Å²) in [5.74, 6) is 0. The molecule has 1 rings (SSSR count). The number of rotatable bonds is 8. The average Bonchev–Trinajstić information content (AvgIpc) is 2.49. The van der Waals surface area contributed by atoms with Gasteiger partial charge in [0.25, 0.3) is 0 Å². The van der Waals surface area contributed by atoms with Crippen molar-refractivity contribution in [2.45, 2.75) is 116 Å². The molecule has 0 spiro atoms. The molecule has 2 unspecified atom stereocenters. The van der Waals surface area contributed by atoms with E-state index in [1.807, 2.05) is 0 Å². The van der Waals surface area contributed by atoms with E-state index < -0.39 is 0 Å². The number of hydrogen-bond acceptors (Lipinski definition) is 2. The average molecular weight is 283 g/mol. The zero-order valence-corrected chi connectivity index (χ0v) is 14.8. The van der Waals surface area contributed by atoms with Gasteiger partial charge in [-0.05, 0) is 38.5 Å². The fourth-order valence-electron chi connectivity index (χ4n) is 4.34. The molecule has 120 valence electrons. The van der Waals surface area contributed by atoms with Crippen LogP contribution in [0.1, 0.15) is 92.9 Å². The zero-order valence-electron chi connectivity index (χ0n) is 14.8. The zero-order chi connectivity index (χ0) is 15.2. The van der Waals surface area contributed by atoms with Crippen LogP contribution in [0.3, 0.4) is 0 Å². The first-order valence-corrected chi connectivity index (χ1v) is 9.13. The summed E-state index contributed by atoms with van der Waals surface area (Å²) >= 11 is 0. The molecule has 0 aromatic rings. The fraction of sp³-hybridized carbons (Fsp3) is 1.00. The first-order chi connectivity index (χ1) is 9.57. The van der Waals surface area contributed by atoms with Crippen LogP contribution in [-0.4, -0.2) is 23.2 Å². The number of nitrogens with one attached hydrogen (secondary N) is 2. The molecule has 0 aromatic carbocycles. The van der Waals surface area contributed by atoms with Crippen LogP contribution in [0.15, 0.2) is 0 Å². The van der Waals surface area contributed by atoms with Crippen LogP contribution < -0.4 is 10.6 Å². The molecule has 0 aliphatic carbocycles. The molecule has 0 aromatic heterocycles. The maximum atomic E-state index is 4.13. The quantitative estimate of drug-likeness (QED) is 0.678. The standard InChI is InChI=1S/C18H38N2/c1-7-13-15-17(9-3,10-4)20-16(14-8-2)18(11-5,12-6)19-15/h15-16,19-20H,7-14H2,1-6H3. The molecule has 0 saturated carbocycles. The van der Waals surface area contributed by atoms with Gasteiger partial charge in [0.2, 0.25) is 0 Å². The molecule has 2 nitrogen and oxygen atoms in total. The molecule has 0 amide bonds. The molecule has 2 N–H and O–H groups in total. The predicted molar refractivity (Wildman–Crippen MR) is 90.3 cm³/mol. The molecule has 2 heteroatoms. The van der Waals surface area contributed by atoms with Gasteiger partial charge >= 0.3 is 0 Å². The lowest BCUT2D eigenvalue weighted by molar-refractivity contribution is 0.0393. The third-order valence-electron chi connectivity index (χ3n) is 5.94. The van der Waals surface area contributed by atoms with Gasteiger partial charge in [-0.1, -0.05) is 54.4 Å². The van der Waals surface area contributed by atoms with Crippen molar-refractivity contribution in [1.82, 2.24) is 10.6 Å². The van der Waals surface area contributed by atoms with Crippen molar-refractivity contribution >= 4 is 0 Å². The Labute approximate surface area is 127 Å². The molecule has 1 saturated heterocycles. The molecule has 20 heavy (non-hydrogen) atoms. The van der Waals surface area contributed by atoms with Crippen LogP contribution in [0, 0.1) is 0 Å². The minimum Gasteiger partial charge on any atom is -0.305 e. The third-order valence-corrected chi connectivity index (χ3v) is 5.94. The van der Waals surface area contributed by atoms with Gasteiger partial charge < -0.3 is 10.6 Å². The van der Waals surface area contributed by atoms with Gasteiger partial charge in [0.1, 0.15) is 0 Å². The Balaban J connectivity index is 3.08. The highest BCUT2D eigenvalue weighted by Gasteiger charge is 2.49. The summed E-state index contributed by atoms with van der Waals surface area (Å²) in [5, 5.41) is 8.26. The predicted octanol–water partition coefficient (Wildman–Crippen LogP) is 4.63. The third kappa shape index (κ3) is 3.22. The highest BCUT2D eigenvalue weighted by molar-refractivity contribution is 5.12. The van der Waals surface area contributed by atoms with E-state index in [9.17, 15) is 0 Å². The van der Waals surface area contributed by atoms with Crippen molar-refractivity contribution < 1.29 is 0 Å². The monoisotopic (exact) mass is 282 g/mol. The summed E-state index contributed by atoms with van der Waals surface area (Å²) in [6, 6.07) is 1.24. The topological polar surface area (TPSA) is 24.1 Å². The minimum atomic E-state index is 0.295. The second kappa shape index (κ2) is 7.79. The van der Waals surface area contributed by atoms with E-state index in [2.05, 4.69) is 52.2 Å². The van der Waals surface area contributed by atoms with E-state index in [-0.39, 0.29) is 0 Å². The van der Waals surface area contributed by atoms with Crippen LogP contribution in [0.2, 0.25) is 0 Å². The van der Waals surface area contributed by atoms with E-state index in [4.69, 9.17) is 0 Å². The van der Waals surface area contributed by atoms with Gasteiger partial charge in [-0.15, -0.1) is 0 Å². The molecule has 1 aliphatic heterocycles. The summed E-state index contributed by atoms with van der Waals surface area (Å²) in [5.41, 5.74) is 0.591. The van der Waals surface area contributed by atoms with E-state index in [1.54, 1.807) is 0 Å². The number of piperazine rings is 1. The largest absolute Gasteiger partial charge is 0.305 e. The minimum absolute atomic E-state index is 0.295. The summed E-state index contributed by atoms with van der Waals surface area (Å²) in [7, 11) is 0. The molecule has 1 fully saturated rings. The van der Waals surface area contributed by atoms with E-state index in [1.165, 1.54) is 51.4 Å². The van der Waals surface area contributed by atoms with Crippen molar-refractivity contribution in [3.05, 3.63) is 0 Å². The van der Waals surface area contributed by atoms with Crippen LogP contribution in [0.4, 0.5) is 0 Å². The Morgan fingerprint density at radius 3 is 1.10 bits per heavy atom. The van der Waals surface area contributed by atoms with Crippen molar-refractivity contribution in [2.75, 3.05) is 0 Å². The molecule has 0 bridgehead atoms. The van der Waals surface area contributed by atoms with Crippen molar-refractivity contribution in [1.29, 1.82) is 0 Å². The van der Waals surface area contributed by atoms with Crippen LogP contribution >= 0.6 is 0 Å². The van der Waals surface area contributed by atoms with Gasteiger partial charge in [0.15, 0.2) is 0 Å². The molecule has 0 radical (unpaired) electrons. The van der Waals surface area contributed by atoms with Crippen LogP contribution in [-0.2, 0) is 0 Å². The first-order valence-electron chi connectivity index (χ1n) is 9.13. The van der Waals surface area contributed by atoms with Gasteiger partial charge in [0, 0.05) is 23.2 Å². The molecule has 2 atom stereocenters. The molecule has 1 heterocycles. The van der Waals surface area contributed by atoms with Crippen molar-refractivity contribution in [3.63, 3.8) is 0 Å². The summed E-state index contributed by atoms with van der Waals surface area (Å²) < 4.78 is 0. The Hall–Kier alpha value is -0.0800. The summed E-state index contributed by atoms with van der Waals surface area (Å²) in [4.78, 5) is 0. The lowest BCUT2D eigenvalue weighted by Crippen LogP contribution is -2.77. The van der Waals surface area contributed by atoms with E-state index in [0.717, 1.165) is 0 Å². The van der Waals surface area contributed by atoms with Gasteiger partial charge in [-0.25, -0.2) is 0 Å². The summed E-state index contributed by atoms with van der Waals surface area (Å²) in [6.07, 6.45) is 10.0. The van der Waals surface area contributed by atoms with E-state index in [0.29, 0.717) is 23.2 Å². The highest BCUT2D eigenvalue weighted by atomic mass is 15.2. The number of hydrogen-bond donors (Lipinski definition) is 2. The van der Waals surface area contributed by atoms with Crippen LogP contribution in [0.25, 0.3) is 0 Å². The van der Waals surface area contributed by atoms with Gasteiger partial charge in [0.05, 0.1) is 0 Å². The second-order valence-corrected chi connectivity index (χ2v) is 6.70. The SMILES string of the molecule is CCCC1NC(CC)(CC)C(CCC)NC1(CC)CC. The van der Waals surface area contributed by atoms with Gasteiger partial charge in [-0.2, -0.15) is 0 Å². The van der Waals surface area contributed by atoms with Crippen molar-refractivity contribution in [2.24, 2.45) is 0 Å². The van der Waals surface area contributed by atoms with Gasteiger partial charge in [-0.3, -0.25) is 0 Å². The molecular weight excluding hydrogens is 244 g/mol. The van der Waals surface area contributed by atoms with Crippen LogP contribution in [0.5, 0.6) is 0 Å². The highest BCUT2D eigenvalue weighted by Crippen LogP contribution is 2.36. The van der Waals surface area contributed by atoms with E-state index >= 15 is 0 Å². The smallest absolute Gasteiger partial charge is 0.0333 e. The Kier molecular flexibility index (Phi) is 7.00. The fourth-order valence-corrected chi connectivity index (χ4v) is 4.34. The lowest BCUT2D eigenvalue weighted by atomic mass is 9.71. The Bertz CT molecular complexity index is 239. The van der Waals surface area contributed by atoms with Crippen molar-refractivity contribution in [3.8, 4) is 0 Å². The molecule has 1 aliphatic rings.